The van der Waals surface area contributed by atoms with Crippen LogP contribution in [0.5, 0.6) is 0 Å². The number of amides is 1. The van der Waals surface area contributed by atoms with Gasteiger partial charge in [0.15, 0.2) is 0 Å². The fourth-order valence-corrected chi connectivity index (χ4v) is 2.28. The van der Waals surface area contributed by atoms with Crippen LogP contribution in [0.2, 0.25) is 0 Å². The minimum Gasteiger partial charge on any atom is -0.441 e. The quantitative estimate of drug-likeness (QED) is 0.864. The molecule has 0 aliphatic heterocycles. The number of benzene rings is 1. The van der Waals surface area contributed by atoms with Crippen LogP contribution in [0, 0.1) is 6.92 Å². The average Bonchev–Trinajstić information content (AvgIpc) is 2.92. The molecule has 0 saturated heterocycles. The van der Waals surface area contributed by atoms with Gasteiger partial charge in [0.25, 0.3) is 0 Å². The van der Waals surface area contributed by atoms with Crippen molar-refractivity contribution in [3.63, 3.8) is 0 Å². The molecule has 0 saturated carbocycles. The molecule has 1 aromatic heterocycles. The third kappa shape index (κ3) is 5.06. The fraction of sp³-hybridized carbons (Fsp3) is 0.412. The molecule has 0 bridgehead atoms. The second-order valence-electron chi connectivity index (χ2n) is 5.76. The lowest BCUT2D eigenvalue weighted by Crippen LogP contribution is -2.26. The van der Waals surface area contributed by atoms with Crippen LogP contribution in [0.15, 0.2) is 28.7 Å². The zero-order valence-corrected chi connectivity index (χ0v) is 14.3. The molecule has 1 N–H and O–H groups in total. The zero-order valence-electron chi connectivity index (χ0n) is 14.3. The lowest BCUT2D eigenvalue weighted by Gasteiger charge is -2.14. The Hall–Kier alpha value is -2.35. The molecule has 2 aromatic rings. The summed E-state index contributed by atoms with van der Waals surface area (Å²) in [7, 11) is 3.41. The van der Waals surface area contributed by atoms with Gasteiger partial charge in [-0.1, -0.05) is 6.07 Å². The van der Waals surface area contributed by atoms with Gasteiger partial charge in [-0.2, -0.15) is 13.2 Å². The predicted octanol–water partition coefficient (Wildman–Crippen LogP) is 3.24. The lowest BCUT2D eigenvalue weighted by atomic mass is 10.1. The van der Waals surface area contributed by atoms with Crippen LogP contribution < -0.4 is 5.32 Å². The summed E-state index contributed by atoms with van der Waals surface area (Å²) < 4.78 is 44.0. The van der Waals surface area contributed by atoms with Gasteiger partial charge in [0.05, 0.1) is 11.3 Å². The first kappa shape index (κ1) is 19.0. The molecule has 0 fully saturated rings. The highest BCUT2D eigenvalue weighted by atomic mass is 19.4. The topological polar surface area (TPSA) is 58.4 Å². The normalized spacial score (nSPS) is 11.8. The molecule has 1 aromatic carbocycles. The van der Waals surface area contributed by atoms with Crippen molar-refractivity contribution < 1.29 is 22.4 Å². The van der Waals surface area contributed by atoms with Gasteiger partial charge in [-0.25, -0.2) is 4.98 Å². The number of alkyl halides is 3. The van der Waals surface area contributed by atoms with E-state index in [-0.39, 0.29) is 17.4 Å². The third-order valence-electron chi connectivity index (χ3n) is 3.75. The fourth-order valence-electron chi connectivity index (χ4n) is 2.28. The van der Waals surface area contributed by atoms with Crippen molar-refractivity contribution in [1.82, 2.24) is 15.2 Å². The van der Waals surface area contributed by atoms with Crippen molar-refractivity contribution in [2.45, 2.75) is 26.1 Å². The summed E-state index contributed by atoms with van der Waals surface area (Å²) in [4.78, 5) is 17.5. The number of hydrogen-bond donors (Lipinski definition) is 1. The van der Waals surface area contributed by atoms with Crippen LogP contribution in [0.1, 0.15) is 23.4 Å². The molecule has 0 aliphatic rings. The van der Waals surface area contributed by atoms with Crippen molar-refractivity contribution in [3.05, 3.63) is 41.3 Å². The molecule has 5 nitrogen and oxygen atoms in total. The van der Waals surface area contributed by atoms with Gasteiger partial charge < -0.3 is 9.73 Å². The highest BCUT2D eigenvalue weighted by Crippen LogP contribution is 2.32. The highest BCUT2D eigenvalue weighted by Gasteiger charge is 2.30. The Balaban J connectivity index is 2.13. The van der Waals surface area contributed by atoms with E-state index in [0.717, 1.165) is 12.1 Å². The minimum absolute atomic E-state index is 0.0617. The van der Waals surface area contributed by atoms with Crippen LogP contribution in [0.3, 0.4) is 0 Å². The molecule has 2 rings (SSSR count). The summed E-state index contributed by atoms with van der Waals surface area (Å²) in [5, 5.41) is 2.55. The second-order valence-corrected chi connectivity index (χ2v) is 5.76. The second kappa shape index (κ2) is 7.69. The van der Waals surface area contributed by atoms with Crippen LogP contribution in [-0.2, 0) is 17.5 Å². The van der Waals surface area contributed by atoms with E-state index < -0.39 is 11.7 Å². The van der Waals surface area contributed by atoms with Crippen molar-refractivity contribution >= 4 is 5.91 Å². The maximum Gasteiger partial charge on any atom is 0.416 e. The van der Waals surface area contributed by atoms with Gasteiger partial charge in [0.2, 0.25) is 11.8 Å². The first-order chi connectivity index (χ1) is 11.7. The Bertz CT molecular complexity index is 741. The van der Waals surface area contributed by atoms with E-state index in [0.29, 0.717) is 31.0 Å². The van der Waals surface area contributed by atoms with Gasteiger partial charge >= 0.3 is 6.18 Å². The molecule has 0 aliphatic carbocycles. The first-order valence-corrected chi connectivity index (χ1v) is 7.73. The number of halogens is 3. The van der Waals surface area contributed by atoms with Crippen molar-refractivity contribution in [1.29, 1.82) is 0 Å². The van der Waals surface area contributed by atoms with Gasteiger partial charge in [-0.05, 0) is 32.2 Å². The van der Waals surface area contributed by atoms with Gasteiger partial charge in [-0.15, -0.1) is 0 Å². The van der Waals surface area contributed by atoms with Crippen molar-refractivity contribution in [3.8, 4) is 11.5 Å². The number of hydrogen-bond acceptors (Lipinski definition) is 4. The Labute approximate surface area is 143 Å². The highest BCUT2D eigenvalue weighted by molar-refractivity contribution is 5.75. The van der Waals surface area contributed by atoms with E-state index in [9.17, 15) is 18.0 Å². The number of oxazole rings is 1. The summed E-state index contributed by atoms with van der Waals surface area (Å²) in [6.45, 7) is 2.68. The third-order valence-corrected chi connectivity index (χ3v) is 3.75. The van der Waals surface area contributed by atoms with Crippen molar-refractivity contribution in [2.75, 3.05) is 20.6 Å². The maximum absolute atomic E-state index is 12.8. The summed E-state index contributed by atoms with van der Waals surface area (Å²) in [5.41, 5.74) is 0.161. The molecule has 1 amide bonds. The standard InChI is InChI=1S/C17H20F3N3O2/c1-11-14(10-23(3)8-7-15(24)21-2)22-16(25-11)12-5-4-6-13(9-12)17(18,19)20/h4-6,9H,7-8,10H2,1-3H3,(H,21,24). The van der Waals surface area contributed by atoms with Crippen LogP contribution in [0.4, 0.5) is 13.2 Å². The number of nitrogens with one attached hydrogen (secondary N) is 1. The number of carbonyl (C=O) groups is 1. The predicted molar refractivity (Wildman–Crippen MR) is 86.7 cm³/mol. The van der Waals surface area contributed by atoms with E-state index >= 15 is 0 Å². The van der Waals surface area contributed by atoms with Gasteiger partial charge in [-0.3, -0.25) is 9.69 Å². The molecule has 0 radical (unpaired) electrons. The zero-order chi connectivity index (χ0) is 18.6. The number of carbonyl (C=O) groups excluding carboxylic acids is 1. The van der Waals surface area contributed by atoms with Gasteiger partial charge in [0, 0.05) is 32.1 Å². The molecule has 1 heterocycles. The van der Waals surface area contributed by atoms with Crippen LogP contribution in [0.25, 0.3) is 11.5 Å². The molecule has 0 spiro atoms. The molecule has 136 valence electrons. The van der Waals surface area contributed by atoms with Gasteiger partial charge in [0.1, 0.15) is 5.76 Å². The lowest BCUT2D eigenvalue weighted by molar-refractivity contribution is -0.137. The number of aryl methyl sites for hydroxylation is 1. The Kier molecular flexibility index (Phi) is 5.84. The Morgan fingerprint density at radius 2 is 2.08 bits per heavy atom. The van der Waals surface area contributed by atoms with E-state index in [2.05, 4.69) is 10.3 Å². The number of nitrogens with zero attached hydrogens (tertiary/aromatic N) is 2. The molecular weight excluding hydrogens is 335 g/mol. The van der Waals surface area contributed by atoms with E-state index in [1.165, 1.54) is 12.1 Å². The smallest absolute Gasteiger partial charge is 0.416 e. The average molecular weight is 355 g/mol. The van der Waals surface area contributed by atoms with E-state index in [1.54, 1.807) is 14.0 Å². The van der Waals surface area contributed by atoms with Crippen LogP contribution in [-0.4, -0.2) is 36.4 Å². The first-order valence-electron chi connectivity index (χ1n) is 7.73. The SMILES string of the molecule is CNC(=O)CCN(C)Cc1nc(-c2cccc(C(F)(F)F)c2)oc1C. The summed E-state index contributed by atoms with van der Waals surface area (Å²) in [6.07, 6.45) is -4.06. The molecule has 0 atom stereocenters. The summed E-state index contributed by atoms with van der Waals surface area (Å²) in [6, 6.07) is 4.88. The number of rotatable bonds is 6. The molecule has 25 heavy (non-hydrogen) atoms. The Morgan fingerprint density at radius 1 is 1.36 bits per heavy atom. The van der Waals surface area contributed by atoms with E-state index in [1.807, 2.05) is 11.9 Å². The molecule has 0 unspecified atom stereocenters. The van der Waals surface area contributed by atoms with Crippen LogP contribution >= 0.6 is 0 Å². The monoisotopic (exact) mass is 355 g/mol. The largest absolute Gasteiger partial charge is 0.441 e. The summed E-state index contributed by atoms with van der Waals surface area (Å²) in [5.74, 6) is 0.630. The van der Waals surface area contributed by atoms with Crippen molar-refractivity contribution in [2.24, 2.45) is 0 Å². The molecular formula is C17H20F3N3O2. The Morgan fingerprint density at radius 3 is 2.72 bits per heavy atom. The maximum atomic E-state index is 12.8. The van der Waals surface area contributed by atoms with E-state index in [4.69, 9.17) is 4.42 Å². The molecule has 8 heteroatoms. The number of aromatic nitrogens is 1. The summed E-state index contributed by atoms with van der Waals surface area (Å²) >= 11 is 0. The minimum atomic E-state index is -4.42.